The summed E-state index contributed by atoms with van der Waals surface area (Å²) in [6.45, 7) is 0. The number of aromatic nitrogens is 1. The summed E-state index contributed by atoms with van der Waals surface area (Å²) >= 11 is 0. The lowest BCUT2D eigenvalue weighted by molar-refractivity contribution is 0.627. The minimum atomic E-state index is -0.246. The van der Waals surface area contributed by atoms with Crippen LogP contribution in [0.3, 0.4) is 0 Å². The van der Waals surface area contributed by atoms with Crippen LogP contribution in [0.1, 0.15) is 0 Å². The number of benzene rings is 5. The number of hydrogen-bond donors (Lipinski definition) is 1. The maximum absolute atomic E-state index is 13.6. The average Bonchev–Trinajstić information content (AvgIpc) is 3.23. The Hall–Kier alpha value is -4.41. The molecular weight excluding hydrogens is 421 g/mol. The molecule has 5 aromatic carbocycles. The van der Waals surface area contributed by atoms with Gasteiger partial charge in [0.25, 0.3) is 0 Å². The normalized spacial score (nSPS) is 11.2. The zero-order valence-corrected chi connectivity index (χ0v) is 18.4. The van der Waals surface area contributed by atoms with Crippen LogP contribution in [0.15, 0.2) is 121 Å². The molecule has 0 amide bonds. The molecule has 0 spiro atoms. The van der Waals surface area contributed by atoms with Crippen molar-refractivity contribution in [2.24, 2.45) is 5.84 Å². The smallest absolute Gasteiger partial charge is 0.123 e. The number of hydrogen-bond acceptors (Lipinski definition) is 2. The maximum Gasteiger partial charge on any atom is 0.123 e. The Kier molecular flexibility index (Phi) is 4.86. The quantitative estimate of drug-likeness (QED) is 0.225. The van der Waals surface area contributed by atoms with E-state index in [9.17, 15) is 4.39 Å². The summed E-state index contributed by atoms with van der Waals surface area (Å²) in [5.74, 6) is 6.31. The molecule has 1 aromatic heterocycles. The summed E-state index contributed by atoms with van der Waals surface area (Å²) in [6.07, 6.45) is 0. The fourth-order valence-corrected chi connectivity index (χ4v) is 4.57. The lowest BCUT2D eigenvalue weighted by Gasteiger charge is -2.19. The molecule has 1 heterocycles. The Morgan fingerprint density at radius 3 is 1.94 bits per heavy atom. The highest BCUT2D eigenvalue weighted by atomic mass is 19.1. The Balaban J connectivity index is 1.43. The molecule has 3 nitrogen and oxygen atoms in total. The first-order valence-electron chi connectivity index (χ1n) is 11.2. The molecule has 6 rings (SSSR count). The van der Waals surface area contributed by atoms with Gasteiger partial charge in [-0.3, -0.25) is 5.01 Å². The van der Waals surface area contributed by atoms with Crippen molar-refractivity contribution in [1.29, 1.82) is 0 Å². The molecule has 34 heavy (non-hydrogen) atoms. The molecule has 6 aromatic rings. The predicted octanol–water partition coefficient (Wildman–Crippen LogP) is 7.60. The van der Waals surface area contributed by atoms with Gasteiger partial charge in [0.2, 0.25) is 0 Å². The van der Waals surface area contributed by atoms with Crippen LogP contribution in [-0.2, 0) is 0 Å². The van der Waals surface area contributed by atoms with E-state index in [1.807, 2.05) is 48.5 Å². The average molecular weight is 444 g/mol. The molecule has 0 radical (unpaired) electrons. The number of rotatable bonds is 4. The SMILES string of the molecule is NN(c1ccc(-c2ccccc2)cc1)c1ccc2c(c1)c1ccccc1n2-c1ccc(F)cc1. The van der Waals surface area contributed by atoms with E-state index in [0.29, 0.717) is 0 Å². The molecule has 0 aliphatic carbocycles. The highest BCUT2D eigenvalue weighted by molar-refractivity contribution is 6.10. The first kappa shape index (κ1) is 20.2. The van der Waals surface area contributed by atoms with E-state index in [1.165, 1.54) is 17.7 Å². The van der Waals surface area contributed by atoms with Gasteiger partial charge in [0.15, 0.2) is 0 Å². The summed E-state index contributed by atoms with van der Waals surface area (Å²) in [4.78, 5) is 0. The zero-order chi connectivity index (χ0) is 23.1. The van der Waals surface area contributed by atoms with Gasteiger partial charge in [-0.1, -0.05) is 60.7 Å². The highest BCUT2D eigenvalue weighted by Gasteiger charge is 2.14. The van der Waals surface area contributed by atoms with Gasteiger partial charge in [-0.25, -0.2) is 10.2 Å². The van der Waals surface area contributed by atoms with Crippen LogP contribution in [0.25, 0.3) is 38.6 Å². The van der Waals surface area contributed by atoms with E-state index in [0.717, 1.165) is 44.4 Å². The molecule has 0 aliphatic heterocycles. The largest absolute Gasteiger partial charge is 0.309 e. The highest BCUT2D eigenvalue weighted by Crippen LogP contribution is 2.35. The van der Waals surface area contributed by atoms with Gasteiger partial charge in [-0.05, 0) is 71.8 Å². The molecular formula is C30H22FN3. The Morgan fingerprint density at radius 1 is 0.559 bits per heavy atom. The topological polar surface area (TPSA) is 34.2 Å². The number of hydrazine groups is 1. The number of para-hydroxylation sites is 1. The van der Waals surface area contributed by atoms with Crippen LogP contribution in [0.4, 0.5) is 15.8 Å². The van der Waals surface area contributed by atoms with Crippen molar-refractivity contribution in [2.75, 3.05) is 5.01 Å². The Labute approximate surface area is 197 Å². The molecule has 0 saturated heterocycles. The van der Waals surface area contributed by atoms with Crippen LogP contribution in [-0.4, -0.2) is 4.57 Å². The van der Waals surface area contributed by atoms with E-state index in [-0.39, 0.29) is 5.82 Å². The van der Waals surface area contributed by atoms with Crippen LogP contribution in [0.2, 0.25) is 0 Å². The van der Waals surface area contributed by atoms with Gasteiger partial charge in [0, 0.05) is 16.5 Å². The van der Waals surface area contributed by atoms with Crippen LogP contribution >= 0.6 is 0 Å². The molecule has 0 unspecified atom stereocenters. The van der Waals surface area contributed by atoms with Gasteiger partial charge in [0.1, 0.15) is 5.82 Å². The number of fused-ring (bicyclic) bond motifs is 3. The standard InChI is InChI=1S/C30H22FN3/c31-23-12-16-24(17-13-23)33-29-9-5-4-8-27(29)28-20-26(18-19-30(28)33)34(32)25-14-10-22(11-15-25)21-6-2-1-3-7-21/h1-20H,32H2. The molecule has 0 bridgehead atoms. The van der Waals surface area contributed by atoms with Gasteiger partial charge in [-0.15, -0.1) is 0 Å². The molecule has 0 fully saturated rings. The second-order valence-electron chi connectivity index (χ2n) is 8.31. The van der Waals surface area contributed by atoms with E-state index in [4.69, 9.17) is 5.84 Å². The number of nitrogens with zero attached hydrogens (tertiary/aromatic N) is 2. The van der Waals surface area contributed by atoms with E-state index >= 15 is 0 Å². The van der Waals surface area contributed by atoms with Crippen molar-refractivity contribution in [3.8, 4) is 16.8 Å². The third-order valence-electron chi connectivity index (χ3n) is 6.27. The Morgan fingerprint density at radius 2 is 1.18 bits per heavy atom. The van der Waals surface area contributed by atoms with Gasteiger partial charge in [0.05, 0.1) is 22.4 Å². The van der Waals surface area contributed by atoms with Gasteiger partial charge >= 0.3 is 0 Å². The molecule has 0 aliphatic rings. The second-order valence-corrected chi connectivity index (χ2v) is 8.31. The first-order chi connectivity index (χ1) is 16.7. The fraction of sp³-hybridized carbons (Fsp3) is 0. The third kappa shape index (κ3) is 3.41. The van der Waals surface area contributed by atoms with Crippen molar-refractivity contribution in [2.45, 2.75) is 0 Å². The Bertz CT molecular complexity index is 1600. The lowest BCUT2D eigenvalue weighted by atomic mass is 10.1. The zero-order valence-electron chi connectivity index (χ0n) is 18.4. The van der Waals surface area contributed by atoms with E-state index in [1.54, 1.807) is 17.1 Å². The summed E-state index contributed by atoms with van der Waals surface area (Å²) in [5, 5.41) is 3.92. The number of halogens is 1. The van der Waals surface area contributed by atoms with Crippen molar-refractivity contribution < 1.29 is 4.39 Å². The van der Waals surface area contributed by atoms with Crippen molar-refractivity contribution in [3.05, 3.63) is 127 Å². The molecule has 164 valence electrons. The molecule has 0 saturated carbocycles. The second kappa shape index (κ2) is 8.18. The molecule has 2 N–H and O–H groups in total. The molecule has 4 heteroatoms. The fourth-order valence-electron chi connectivity index (χ4n) is 4.57. The van der Waals surface area contributed by atoms with Crippen molar-refractivity contribution in [1.82, 2.24) is 4.57 Å². The summed E-state index contributed by atoms with van der Waals surface area (Å²) < 4.78 is 15.7. The minimum absolute atomic E-state index is 0.246. The van der Waals surface area contributed by atoms with Gasteiger partial charge < -0.3 is 4.57 Å². The van der Waals surface area contributed by atoms with Crippen LogP contribution in [0, 0.1) is 5.82 Å². The van der Waals surface area contributed by atoms with Crippen molar-refractivity contribution in [3.63, 3.8) is 0 Å². The number of nitrogens with two attached hydrogens (primary N) is 1. The lowest BCUT2D eigenvalue weighted by Crippen LogP contribution is -2.24. The number of anilines is 2. The van der Waals surface area contributed by atoms with E-state index in [2.05, 4.69) is 53.1 Å². The predicted molar refractivity (Wildman–Crippen MR) is 139 cm³/mol. The summed E-state index contributed by atoms with van der Waals surface area (Å²) in [5.41, 5.74) is 7.15. The minimum Gasteiger partial charge on any atom is -0.309 e. The monoisotopic (exact) mass is 443 g/mol. The van der Waals surface area contributed by atoms with Gasteiger partial charge in [-0.2, -0.15) is 0 Å². The first-order valence-corrected chi connectivity index (χ1v) is 11.2. The van der Waals surface area contributed by atoms with Crippen LogP contribution < -0.4 is 10.9 Å². The molecule has 0 atom stereocenters. The summed E-state index contributed by atoms with van der Waals surface area (Å²) in [7, 11) is 0. The van der Waals surface area contributed by atoms with Crippen molar-refractivity contribution >= 4 is 33.2 Å². The summed E-state index contributed by atoms with van der Waals surface area (Å²) in [6, 6.07) is 39.6. The third-order valence-corrected chi connectivity index (χ3v) is 6.27. The van der Waals surface area contributed by atoms with Crippen LogP contribution in [0.5, 0.6) is 0 Å². The maximum atomic E-state index is 13.6. The van der Waals surface area contributed by atoms with E-state index < -0.39 is 0 Å².